The average Bonchev–Trinajstić information content (AvgIpc) is 2.88. The fourth-order valence-corrected chi connectivity index (χ4v) is 3.38. The van der Waals surface area contributed by atoms with Crippen LogP contribution in [0.15, 0.2) is 30.5 Å². The standard InChI is InChI=1S/C18H24ClN3O/c1-21(13-17-8-3-4-9-23-17)11-15-12-22(2)20-18(15)14-6-5-7-16(19)10-14/h5-7,10,12,17H,3-4,8-9,11,13H2,1-2H3/t17-/m1/s1. The zero-order valence-electron chi connectivity index (χ0n) is 13.8. The lowest BCUT2D eigenvalue weighted by Gasteiger charge is -2.27. The number of nitrogens with zero attached hydrogens (tertiary/aromatic N) is 3. The van der Waals surface area contributed by atoms with E-state index < -0.39 is 0 Å². The predicted octanol–water partition coefficient (Wildman–Crippen LogP) is 3.74. The van der Waals surface area contributed by atoms with E-state index in [1.807, 2.05) is 29.9 Å². The molecule has 1 aliphatic rings. The van der Waals surface area contributed by atoms with Crippen molar-refractivity contribution in [1.29, 1.82) is 0 Å². The zero-order chi connectivity index (χ0) is 16.2. The summed E-state index contributed by atoms with van der Waals surface area (Å²) >= 11 is 6.13. The van der Waals surface area contributed by atoms with Crippen molar-refractivity contribution in [1.82, 2.24) is 14.7 Å². The Morgan fingerprint density at radius 1 is 1.39 bits per heavy atom. The summed E-state index contributed by atoms with van der Waals surface area (Å²) in [6, 6.07) is 7.88. The highest BCUT2D eigenvalue weighted by Crippen LogP contribution is 2.25. The van der Waals surface area contributed by atoms with Crippen LogP contribution in [0, 0.1) is 0 Å². The molecule has 1 aliphatic heterocycles. The topological polar surface area (TPSA) is 30.3 Å². The molecule has 1 atom stereocenters. The van der Waals surface area contributed by atoms with Crippen molar-refractivity contribution in [2.45, 2.75) is 31.9 Å². The largest absolute Gasteiger partial charge is 0.377 e. The molecular formula is C18H24ClN3O. The van der Waals surface area contributed by atoms with Gasteiger partial charge >= 0.3 is 0 Å². The average molecular weight is 334 g/mol. The second kappa shape index (κ2) is 7.47. The molecule has 1 aromatic heterocycles. The highest BCUT2D eigenvalue weighted by molar-refractivity contribution is 6.30. The highest BCUT2D eigenvalue weighted by Gasteiger charge is 2.18. The number of hydrogen-bond donors (Lipinski definition) is 0. The summed E-state index contributed by atoms with van der Waals surface area (Å²) in [6.45, 7) is 2.72. The van der Waals surface area contributed by atoms with Crippen LogP contribution in [0.1, 0.15) is 24.8 Å². The first-order valence-corrected chi connectivity index (χ1v) is 8.58. The van der Waals surface area contributed by atoms with Gasteiger partial charge in [-0.15, -0.1) is 0 Å². The molecule has 0 bridgehead atoms. The van der Waals surface area contributed by atoms with Crippen LogP contribution in [0.2, 0.25) is 5.02 Å². The van der Waals surface area contributed by atoms with E-state index >= 15 is 0 Å². The SMILES string of the molecule is CN(Cc1cn(C)nc1-c1cccc(Cl)c1)C[C@H]1CCCCO1. The Morgan fingerprint density at radius 3 is 3.00 bits per heavy atom. The van der Waals surface area contributed by atoms with E-state index in [1.165, 1.54) is 24.8 Å². The molecule has 4 nitrogen and oxygen atoms in total. The van der Waals surface area contributed by atoms with Crippen LogP contribution in [-0.2, 0) is 18.3 Å². The van der Waals surface area contributed by atoms with Crippen LogP contribution in [0.3, 0.4) is 0 Å². The Bertz CT molecular complexity index is 649. The molecule has 5 heteroatoms. The van der Waals surface area contributed by atoms with Crippen LogP contribution in [0.5, 0.6) is 0 Å². The van der Waals surface area contributed by atoms with Crippen LogP contribution in [0.4, 0.5) is 0 Å². The maximum Gasteiger partial charge on any atom is 0.0968 e. The molecule has 2 aromatic rings. The Balaban J connectivity index is 1.72. The maximum absolute atomic E-state index is 6.13. The van der Waals surface area contributed by atoms with Crippen LogP contribution < -0.4 is 0 Å². The van der Waals surface area contributed by atoms with Gasteiger partial charge in [0.1, 0.15) is 0 Å². The van der Waals surface area contributed by atoms with E-state index in [0.717, 1.165) is 36.0 Å². The predicted molar refractivity (Wildman–Crippen MR) is 93.6 cm³/mol. The van der Waals surface area contributed by atoms with E-state index in [-0.39, 0.29) is 0 Å². The van der Waals surface area contributed by atoms with Gasteiger partial charge in [-0.2, -0.15) is 5.10 Å². The third-order valence-electron chi connectivity index (χ3n) is 4.23. The number of halogens is 1. The molecule has 0 unspecified atom stereocenters. The van der Waals surface area contributed by atoms with Gasteiger partial charge in [0.15, 0.2) is 0 Å². The van der Waals surface area contributed by atoms with E-state index in [0.29, 0.717) is 6.10 Å². The van der Waals surface area contributed by atoms with Gasteiger partial charge in [-0.25, -0.2) is 0 Å². The Labute approximate surface area is 143 Å². The van der Waals surface area contributed by atoms with Crippen molar-refractivity contribution in [3.63, 3.8) is 0 Å². The monoisotopic (exact) mass is 333 g/mol. The fraction of sp³-hybridized carbons (Fsp3) is 0.500. The first-order valence-electron chi connectivity index (χ1n) is 8.20. The molecule has 124 valence electrons. The van der Waals surface area contributed by atoms with Crippen LogP contribution in [0.25, 0.3) is 11.3 Å². The molecule has 1 fully saturated rings. The second-order valence-corrected chi connectivity index (χ2v) is 6.81. The van der Waals surface area contributed by atoms with Crippen molar-refractivity contribution in [2.24, 2.45) is 7.05 Å². The molecule has 23 heavy (non-hydrogen) atoms. The molecule has 1 saturated heterocycles. The molecule has 2 heterocycles. The fourth-order valence-electron chi connectivity index (χ4n) is 3.19. The Hall–Kier alpha value is -1.36. The molecular weight excluding hydrogens is 310 g/mol. The summed E-state index contributed by atoms with van der Waals surface area (Å²) in [7, 11) is 4.11. The summed E-state index contributed by atoms with van der Waals surface area (Å²) in [5, 5.41) is 5.36. The molecule has 0 N–H and O–H groups in total. The highest BCUT2D eigenvalue weighted by atomic mass is 35.5. The lowest BCUT2D eigenvalue weighted by atomic mass is 10.1. The van der Waals surface area contributed by atoms with E-state index in [1.54, 1.807) is 0 Å². The quantitative estimate of drug-likeness (QED) is 0.835. The number of aromatic nitrogens is 2. The van der Waals surface area contributed by atoms with Gasteiger partial charge in [0.05, 0.1) is 11.8 Å². The normalized spacial score (nSPS) is 18.5. The van der Waals surface area contributed by atoms with Crippen molar-refractivity contribution in [3.05, 3.63) is 41.0 Å². The molecule has 0 amide bonds. The Morgan fingerprint density at radius 2 is 2.26 bits per heavy atom. The minimum atomic E-state index is 0.361. The van der Waals surface area contributed by atoms with Gasteiger partial charge in [-0.1, -0.05) is 23.7 Å². The van der Waals surface area contributed by atoms with Crippen molar-refractivity contribution in [3.8, 4) is 11.3 Å². The third-order valence-corrected chi connectivity index (χ3v) is 4.47. The summed E-state index contributed by atoms with van der Waals surface area (Å²) in [6.07, 6.45) is 6.09. The summed E-state index contributed by atoms with van der Waals surface area (Å²) < 4.78 is 7.71. The van der Waals surface area contributed by atoms with Gasteiger partial charge in [0.2, 0.25) is 0 Å². The van der Waals surface area contributed by atoms with Gasteiger partial charge in [0.25, 0.3) is 0 Å². The van der Waals surface area contributed by atoms with E-state index in [4.69, 9.17) is 16.3 Å². The van der Waals surface area contributed by atoms with Crippen molar-refractivity contribution in [2.75, 3.05) is 20.2 Å². The number of rotatable bonds is 5. The molecule has 0 aliphatic carbocycles. The molecule has 0 radical (unpaired) electrons. The number of aryl methyl sites for hydroxylation is 1. The lowest BCUT2D eigenvalue weighted by Crippen LogP contribution is -2.33. The Kier molecular flexibility index (Phi) is 5.36. The van der Waals surface area contributed by atoms with Crippen LogP contribution in [-0.4, -0.2) is 41.0 Å². The zero-order valence-corrected chi connectivity index (χ0v) is 14.6. The molecule has 1 aromatic carbocycles. The minimum Gasteiger partial charge on any atom is -0.377 e. The number of benzene rings is 1. The molecule has 0 spiro atoms. The van der Waals surface area contributed by atoms with Crippen molar-refractivity contribution < 1.29 is 4.74 Å². The van der Waals surface area contributed by atoms with Crippen LogP contribution >= 0.6 is 11.6 Å². The van der Waals surface area contributed by atoms with Gasteiger partial charge in [0, 0.05) is 49.1 Å². The summed E-state index contributed by atoms with van der Waals surface area (Å²) in [5.74, 6) is 0. The number of ether oxygens (including phenoxy) is 1. The lowest BCUT2D eigenvalue weighted by molar-refractivity contribution is -0.00257. The van der Waals surface area contributed by atoms with Gasteiger partial charge in [-0.05, 0) is 38.4 Å². The summed E-state index contributed by atoms with van der Waals surface area (Å²) in [5.41, 5.74) is 3.29. The van der Waals surface area contributed by atoms with Gasteiger partial charge in [-0.3, -0.25) is 9.58 Å². The number of likely N-dealkylation sites (N-methyl/N-ethyl adjacent to an activating group) is 1. The first-order chi connectivity index (χ1) is 11.1. The smallest absolute Gasteiger partial charge is 0.0968 e. The number of hydrogen-bond acceptors (Lipinski definition) is 3. The molecule has 3 rings (SSSR count). The van der Waals surface area contributed by atoms with Crippen molar-refractivity contribution >= 4 is 11.6 Å². The third kappa shape index (κ3) is 4.34. The van der Waals surface area contributed by atoms with E-state index in [2.05, 4.69) is 29.3 Å². The summed E-state index contributed by atoms with van der Waals surface area (Å²) in [4.78, 5) is 2.32. The van der Waals surface area contributed by atoms with E-state index in [9.17, 15) is 0 Å². The first kappa shape index (κ1) is 16.5. The van der Waals surface area contributed by atoms with Gasteiger partial charge < -0.3 is 4.74 Å². The maximum atomic E-state index is 6.13. The second-order valence-electron chi connectivity index (χ2n) is 6.37. The minimum absolute atomic E-state index is 0.361. The molecule has 0 saturated carbocycles.